The smallest absolute Gasteiger partial charge is 0.251 e. The number of aryl methyl sites for hydroxylation is 1. The molecule has 0 spiro atoms. The van der Waals surface area contributed by atoms with Crippen LogP contribution in [0.3, 0.4) is 0 Å². The first-order chi connectivity index (χ1) is 10.4. The van der Waals surface area contributed by atoms with Gasteiger partial charge in [-0.3, -0.25) is 9.10 Å². The molecule has 1 aliphatic heterocycles. The molecular formula is C15H23N3O3S. The minimum Gasteiger partial charge on any atom is -0.351 e. The number of benzene rings is 1. The van der Waals surface area contributed by atoms with E-state index in [0.29, 0.717) is 24.3 Å². The van der Waals surface area contributed by atoms with Gasteiger partial charge in [0, 0.05) is 25.2 Å². The second-order valence-electron chi connectivity index (χ2n) is 5.39. The van der Waals surface area contributed by atoms with Crippen molar-refractivity contribution < 1.29 is 13.2 Å². The maximum Gasteiger partial charge on any atom is 0.251 e. The Balaban J connectivity index is 2.13. The van der Waals surface area contributed by atoms with Gasteiger partial charge in [0.25, 0.3) is 5.91 Å². The predicted molar refractivity (Wildman–Crippen MR) is 87.8 cm³/mol. The largest absolute Gasteiger partial charge is 0.351 e. The lowest BCUT2D eigenvalue weighted by atomic mass is 10.0. The summed E-state index contributed by atoms with van der Waals surface area (Å²) >= 11 is 0. The normalized spacial score (nSPS) is 14.5. The third-order valence-corrected chi connectivity index (χ3v) is 4.84. The number of nitrogens with zero attached hydrogens (tertiary/aromatic N) is 1. The van der Waals surface area contributed by atoms with Gasteiger partial charge in [0.1, 0.15) is 0 Å². The Labute approximate surface area is 131 Å². The number of fused-ring (bicyclic) bond motifs is 1. The summed E-state index contributed by atoms with van der Waals surface area (Å²) in [4.78, 5) is 12.1. The molecule has 1 heterocycles. The summed E-state index contributed by atoms with van der Waals surface area (Å²) in [6, 6.07) is 5.22. The quantitative estimate of drug-likeness (QED) is 0.756. The Hall–Kier alpha value is -1.60. The molecule has 1 aliphatic rings. The molecule has 0 radical (unpaired) electrons. The molecule has 0 saturated carbocycles. The second-order valence-corrected chi connectivity index (χ2v) is 7.30. The molecule has 2 rings (SSSR count). The number of carbonyl (C=O) groups is 1. The molecule has 122 valence electrons. The van der Waals surface area contributed by atoms with E-state index < -0.39 is 10.0 Å². The van der Waals surface area contributed by atoms with E-state index >= 15 is 0 Å². The monoisotopic (exact) mass is 325 g/mol. The topological polar surface area (TPSA) is 78.5 Å². The van der Waals surface area contributed by atoms with Crippen LogP contribution < -0.4 is 14.9 Å². The molecule has 6 nitrogen and oxygen atoms in total. The molecule has 22 heavy (non-hydrogen) atoms. The van der Waals surface area contributed by atoms with Crippen molar-refractivity contribution in [3.63, 3.8) is 0 Å². The van der Waals surface area contributed by atoms with Crippen LogP contribution in [-0.2, 0) is 16.4 Å². The number of carbonyl (C=O) groups excluding carboxylic acids is 1. The van der Waals surface area contributed by atoms with E-state index in [1.54, 1.807) is 18.2 Å². The first-order valence-corrected chi connectivity index (χ1v) is 9.38. The van der Waals surface area contributed by atoms with Crippen molar-refractivity contribution in [2.75, 3.05) is 36.7 Å². The number of sulfonamides is 1. The summed E-state index contributed by atoms with van der Waals surface area (Å²) in [5, 5.41) is 5.99. The van der Waals surface area contributed by atoms with Gasteiger partial charge >= 0.3 is 0 Å². The maximum absolute atomic E-state index is 12.1. The fraction of sp³-hybridized carbons (Fsp3) is 0.533. The number of rotatable bonds is 6. The van der Waals surface area contributed by atoms with Gasteiger partial charge in [0.2, 0.25) is 10.0 Å². The highest BCUT2D eigenvalue weighted by Crippen LogP contribution is 2.29. The van der Waals surface area contributed by atoms with E-state index in [2.05, 4.69) is 10.6 Å². The van der Waals surface area contributed by atoms with E-state index in [1.165, 1.54) is 10.6 Å². The van der Waals surface area contributed by atoms with Crippen LogP contribution in [0.1, 0.15) is 29.3 Å². The fourth-order valence-corrected chi connectivity index (χ4v) is 3.59. The van der Waals surface area contributed by atoms with Crippen LogP contribution in [0.2, 0.25) is 0 Å². The second kappa shape index (κ2) is 7.11. The summed E-state index contributed by atoms with van der Waals surface area (Å²) in [5.41, 5.74) is 2.18. The van der Waals surface area contributed by atoms with Crippen molar-refractivity contribution >= 4 is 21.6 Å². The van der Waals surface area contributed by atoms with E-state index in [1.807, 2.05) is 6.92 Å². The fourth-order valence-electron chi connectivity index (χ4n) is 2.59. The number of hydrogen-bond acceptors (Lipinski definition) is 4. The molecule has 0 saturated heterocycles. The Bertz CT molecular complexity index is 643. The van der Waals surface area contributed by atoms with Crippen molar-refractivity contribution in [1.82, 2.24) is 10.6 Å². The van der Waals surface area contributed by atoms with Gasteiger partial charge in [0.15, 0.2) is 0 Å². The Morgan fingerprint density at radius 1 is 1.32 bits per heavy atom. The van der Waals surface area contributed by atoms with Crippen LogP contribution in [0.5, 0.6) is 0 Å². The molecule has 0 atom stereocenters. The molecule has 0 unspecified atom stereocenters. The third-order valence-electron chi connectivity index (χ3n) is 3.66. The summed E-state index contributed by atoms with van der Waals surface area (Å²) in [5.74, 6) is -0.128. The number of anilines is 1. The molecular weight excluding hydrogens is 302 g/mol. The molecule has 1 amide bonds. The van der Waals surface area contributed by atoms with Crippen LogP contribution in [0, 0.1) is 0 Å². The molecule has 0 fully saturated rings. The van der Waals surface area contributed by atoms with Crippen LogP contribution in [-0.4, -0.2) is 46.8 Å². The van der Waals surface area contributed by atoms with E-state index in [9.17, 15) is 13.2 Å². The third kappa shape index (κ3) is 3.98. The predicted octanol–water partition coefficient (Wildman–Crippen LogP) is 0.738. The zero-order valence-corrected chi connectivity index (χ0v) is 13.9. The molecule has 1 aromatic rings. The number of amides is 1. The lowest BCUT2D eigenvalue weighted by Gasteiger charge is -2.29. The van der Waals surface area contributed by atoms with Gasteiger partial charge in [-0.1, -0.05) is 6.92 Å². The molecule has 0 aromatic heterocycles. The maximum atomic E-state index is 12.1. The van der Waals surface area contributed by atoms with Gasteiger partial charge in [-0.2, -0.15) is 0 Å². The van der Waals surface area contributed by atoms with Crippen LogP contribution in [0.25, 0.3) is 0 Å². The molecule has 0 bridgehead atoms. The summed E-state index contributed by atoms with van der Waals surface area (Å²) in [6.07, 6.45) is 2.77. The van der Waals surface area contributed by atoms with Gasteiger partial charge in [-0.05, 0) is 43.1 Å². The highest BCUT2D eigenvalue weighted by molar-refractivity contribution is 7.92. The van der Waals surface area contributed by atoms with Crippen LogP contribution in [0.4, 0.5) is 5.69 Å². The minimum absolute atomic E-state index is 0.128. The Morgan fingerprint density at radius 2 is 2.09 bits per heavy atom. The standard InChI is InChI=1S/C15H23N3O3S/c1-3-16-8-9-17-15(19)13-6-7-14-12(11-13)5-4-10-18(14)22(2,20)21/h6-7,11,16H,3-5,8-10H2,1-2H3,(H,17,19). The van der Waals surface area contributed by atoms with Gasteiger partial charge in [-0.15, -0.1) is 0 Å². The van der Waals surface area contributed by atoms with Crippen molar-refractivity contribution in [1.29, 1.82) is 0 Å². The van der Waals surface area contributed by atoms with Crippen molar-refractivity contribution in [3.8, 4) is 0 Å². The summed E-state index contributed by atoms with van der Waals surface area (Å²) in [7, 11) is -3.27. The highest BCUT2D eigenvalue weighted by atomic mass is 32.2. The Kier molecular flexibility index (Phi) is 5.42. The number of hydrogen-bond donors (Lipinski definition) is 2. The lowest BCUT2D eigenvalue weighted by Crippen LogP contribution is -2.35. The summed E-state index contributed by atoms with van der Waals surface area (Å²) in [6.45, 7) is 4.68. The van der Waals surface area contributed by atoms with Gasteiger partial charge < -0.3 is 10.6 Å². The molecule has 2 N–H and O–H groups in total. The van der Waals surface area contributed by atoms with Crippen molar-refractivity contribution in [3.05, 3.63) is 29.3 Å². The zero-order chi connectivity index (χ0) is 16.2. The van der Waals surface area contributed by atoms with Crippen LogP contribution in [0.15, 0.2) is 18.2 Å². The van der Waals surface area contributed by atoms with Crippen molar-refractivity contribution in [2.45, 2.75) is 19.8 Å². The van der Waals surface area contributed by atoms with Crippen molar-refractivity contribution in [2.24, 2.45) is 0 Å². The van der Waals surface area contributed by atoms with E-state index in [-0.39, 0.29) is 5.91 Å². The SMILES string of the molecule is CCNCCNC(=O)c1ccc2c(c1)CCCN2S(C)(=O)=O. The first kappa shape index (κ1) is 16.8. The molecule has 1 aromatic carbocycles. The minimum atomic E-state index is -3.27. The van der Waals surface area contributed by atoms with E-state index in [4.69, 9.17) is 0 Å². The molecule has 0 aliphatic carbocycles. The average molecular weight is 325 g/mol. The van der Waals surface area contributed by atoms with Crippen LogP contribution >= 0.6 is 0 Å². The average Bonchev–Trinajstić information content (AvgIpc) is 2.49. The number of likely N-dealkylation sites (N-methyl/N-ethyl adjacent to an activating group) is 1. The Morgan fingerprint density at radius 3 is 2.77 bits per heavy atom. The molecule has 7 heteroatoms. The number of nitrogens with one attached hydrogen (secondary N) is 2. The summed E-state index contributed by atoms with van der Waals surface area (Å²) < 4.78 is 25.0. The van der Waals surface area contributed by atoms with Gasteiger partial charge in [-0.25, -0.2) is 8.42 Å². The highest BCUT2D eigenvalue weighted by Gasteiger charge is 2.24. The van der Waals surface area contributed by atoms with E-state index in [0.717, 1.165) is 31.5 Å². The zero-order valence-electron chi connectivity index (χ0n) is 13.1. The first-order valence-electron chi connectivity index (χ1n) is 7.53. The lowest BCUT2D eigenvalue weighted by molar-refractivity contribution is 0.0954. The van der Waals surface area contributed by atoms with Gasteiger partial charge in [0.05, 0.1) is 11.9 Å².